The molecule has 1 N–H and O–H groups in total. The van der Waals surface area contributed by atoms with Crippen LogP contribution in [0.1, 0.15) is 25.7 Å². The first-order valence-electron chi connectivity index (χ1n) is 7.56. The molecule has 1 amide bonds. The van der Waals surface area contributed by atoms with E-state index in [1.165, 1.54) is 12.1 Å². The number of carbonyl (C=O) groups excluding carboxylic acids is 1. The Balaban J connectivity index is 1.86. The smallest absolute Gasteiger partial charge is 0.322 e. The van der Waals surface area contributed by atoms with Crippen molar-refractivity contribution in [2.45, 2.75) is 36.6 Å². The summed E-state index contributed by atoms with van der Waals surface area (Å²) >= 11 is 0. The quantitative estimate of drug-likeness (QED) is 0.885. The molecule has 1 aromatic carbocycles. The molecule has 1 atom stereocenters. The Labute approximate surface area is 134 Å². The minimum atomic E-state index is -3.84. The van der Waals surface area contributed by atoms with Gasteiger partial charge in [-0.2, -0.15) is 4.31 Å². The van der Waals surface area contributed by atoms with Crippen molar-refractivity contribution in [2.75, 3.05) is 18.0 Å². The van der Waals surface area contributed by atoms with E-state index in [1.54, 1.807) is 17.0 Å². The number of hydrogen-bond acceptors (Lipinski definition) is 4. The fraction of sp³-hybridized carbons (Fsp3) is 0.467. The average molecular weight is 338 g/mol. The lowest BCUT2D eigenvalue weighted by molar-refractivity contribution is -0.140. The van der Waals surface area contributed by atoms with Gasteiger partial charge in [-0.15, -0.1) is 0 Å². The standard InChI is InChI=1S/C15H18N2O5S/c18-14-4-2-9-16(14)11-5-7-12(8-6-11)23(21,22)17-10-1-3-13(17)15(19)20/h5-8,13H,1-4,9-10H2,(H,19,20)/t13-/m0/s1. The number of sulfonamides is 1. The Kier molecular flexibility index (Phi) is 4.11. The number of carboxylic acids is 1. The molecule has 0 aromatic heterocycles. The molecule has 0 unspecified atom stereocenters. The molecule has 2 fully saturated rings. The molecule has 0 spiro atoms. The molecule has 7 nitrogen and oxygen atoms in total. The second-order valence-electron chi connectivity index (χ2n) is 5.75. The second kappa shape index (κ2) is 5.93. The van der Waals surface area contributed by atoms with E-state index in [0.29, 0.717) is 31.5 Å². The molecule has 8 heteroatoms. The maximum atomic E-state index is 12.6. The van der Waals surface area contributed by atoms with Gasteiger partial charge in [0.1, 0.15) is 6.04 Å². The first-order chi connectivity index (χ1) is 10.9. The highest BCUT2D eigenvalue weighted by Gasteiger charge is 2.39. The average Bonchev–Trinajstić information content (AvgIpc) is 3.16. The van der Waals surface area contributed by atoms with Crippen molar-refractivity contribution in [1.82, 2.24) is 4.31 Å². The summed E-state index contributed by atoms with van der Waals surface area (Å²) in [4.78, 5) is 24.6. The lowest BCUT2D eigenvalue weighted by Gasteiger charge is -2.21. The van der Waals surface area contributed by atoms with Crippen LogP contribution in [0.5, 0.6) is 0 Å². The normalized spacial score (nSPS) is 22.7. The third kappa shape index (κ3) is 2.84. The first-order valence-corrected chi connectivity index (χ1v) is 9.00. The van der Waals surface area contributed by atoms with E-state index in [9.17, 15) is 18.0 Å². The summed E-state index contributed by atoms with van der Waals surface area (Å²) < 4.78 is 26.3. The fourth-order valence-electron chi connectivity index (χ4n) is 3.13. The zero-order valence-corrected chi connectivity index (χ0v) is 13.3. The molecule has 0 saturated carbocycles. The predicted octanol–water partition coefficient (Wildman–Crippen LogP) is 1.05. The molecule has 0 bridgehead atoms. The van der Waals surface area contributed by atoms with Gasteiger partial charge in [-0.05, 0) is 43.5 Å². The van der Waals surface area contributed by atoms with Crippen LogP contribution in [0, 0.1) is 0 Å². The third-order valence-electron chi connectivity index (χ3n) is 4.32. The van der Waals surface area contributed by atoms with Crippen molar-refractivity contribution in [1.29, 1.82) is 0 Å². The van der Waals surface area contributed by atoms with Crippen LogP contribution in [0.25, 0.3) is 0 Å². The van der Waals surface area contributed by atoms with Gasteiger partial charge < -0.3 is 10.0 Å². The van der Waals surface area contributed by atoms with Gasteiger partial charge in [0, 0.05) is 25.2 Å². The molecule has 2 heterocycles. The summed E-state index contributed by atoms with van der Waals surface area (Å²) in [7, 11) is -3.84. The lowest BCUT2D eigenvalue weighted by Crippen LogP contribution is -2.40. The molecule has 2 aliphatic rings. The highest BCUT2D eigenvalue weighted by atomic mass is 32.2. The molecule has 2 saturated heterocycles. The Morgan fingerprint density at radius 2 is 1.83 bits per heavy atom. The SMILES string of the molecule is O=C(O)[C@@H]1CCCN1S(=O)(=O)c1ccc(N2CCCC2=O)cc1. The minimum absolute atomic E-state index is 0.0334. The molecule has 0 aliphatic carbocycles. The summed E-state index contributed by atoms with van der Waals surface area (Å²) in [6, 6.07) is 5.07. The number of amides is 1. The van der Waals surface area contributed by atoms with Crippen LogP contribution >= 0.6 is 0 Å². The maximum absolute atomic E-state index is 12.6. The van der Waals surface area contributed by atoms with Crippen LogP contribution in [0.15, 0.2) is 29.2 Å². The van der Waals surface area contributed by atoms with Crippen LogP contribution in [0.3, 0.4) is 0 Å². The first kappa shape index (κ1) is 15.9. The van der Waals surface area contributed by atoms with E-state index in [0.717, 1.165) is 10.7 Å². The second-order valence-corrected chi connectivity index (χ2v) is 7.65. The van der Waals surface area contributed by atoms with Gasteiger partial charge in [-0.3, -0.25) is 9.59 Å². The van der Waals surface area contributed by atoms with E-state index >= 15 is 0 Å². The van der Waals surface area contributed by atoms with Crippen molar-refractivity contribution in [2.24, 2.45) is 0 Å². The third-order valence-corrected chi connectivity index (χ3v) is 6.24. The van der Waals surface area contributed by atoms with Crippen LogP contribution < -0.4 is 4.90 Å². The van der Waals surface area contributed by atoms with Crippen LogP contribution in [0.4, 0.5) is 5.69 Å². The largest absolute Gasteiger partial charge is 0.480 e. The number of carbonyl (C=O) groups is 2. The fourth-order valence-corrected chi connectivity index (χ4v) is 4.78. The molecule has 1 aromatic rings. The van der Waals surface area contributed by atoms with E-state index in [4.69, 9.17) is 5.11 Å². The zero-order valence-electron chi connectivity index (χ0n) is 12.5. The molecule has 0 radical (unpaired) electrons. The molecule has 2 aliphatic heterocycles. The molecule has 3 rings (SSSR count). The van der Waals surface area contributed by atoms with Gasteiger partial charge in [0.25, 0.3) is 0 Å². The van der Waals surface area contributed by atoms with Crippen LogP contribution in [0.2, 0.25) is 0 Å². The number of nitrogens with zero attached hydrogens (tertiary/aromatic N) is 2. The number of anilines is 1. The summed E-state index contributed by atoms with van der Waals surface area (Å²) in [6.45, 7) is 0.851. The minimum Gasteiger partial charge on any atom is -0.480 e. The van der Waals surface area contributed by atoms with Gasteiger partial charge in [-0.1, -0.05) is 0 Å². The number of rotatable bonds is 4. The van der Waals surface area contributed by atoms with Crippen LogP contribution in [-0.2, 0) is 19.6 Å². The number of aliphatic carboxylic acids is 1. The molecule has 23 heavy (non-hydrogen) atoms. The van der Waals surface area contributed by atoms with Gasteiger partial charge in [0.15, 0.2) is 0 Å². The van der Waals surface area contributed by atoms with Crippen LogP contribution in [-0.4, -0.2) is 48.8 Å². The van der Waals surface area contributed by atoms with E-state index in [-0.39, 0.29) is 17.3 Å². The molecule has 124 valence electrons. The highest BCUT2D eigenvalue weighted by molar-refractivity contribution is 7.89. The summed E-state index contributed by atoms with van der Waals surface area (Å²) in [5.74, 6) is -1.09. The van der Waals surface area contributed by atoms with E-state index in [2.05, 4.69) is 0 Å². The summed E-state index contributed by atoms with van der Waals surface area (Å²) in [5.41, 5.74) is 0.669. The molecular weight excluding hydrogens is 320 g/mol. The van der Waals surface area contributed by atoms with Crippen molar-refractivity contribution < 1.29 is 23.1 Å². The van der Waals surface area contributed by atoms with Gasteiger partial charge in [-0.25, -0.2) is 8.42 Å². The maximum Gasteiger partial charge on any atom is 0.322 e. The molecular formula is C15H18N2O5S. The van der Waals surface area contributed by atoms with Gasteiger partial charge in [0.2, 0.25) is 15.9 Å². The Morgan fingerprint density at radius 1 is 1.13 bits per heavy atom. The van der Waals surface area contributed by atoms with Crippen molar-refractivity contribution in [3.8, 4) is 0 Å². The number of hydrogen-bond donors (Lipinski definition) is 1. The Morgan fingerprint density at radius 3 is 2.39 bits per heavy atom. The summed E-state index contributed by atoms with van der Waals surface area (Å²) in [5, 5.41) is 9.16. The topological polar surface area (TPSA) is 95.0 Å². The zero-order chi connectivity index (χ0) is 16.6. The monoisotopic (exact) mass is 338 g/mol. The van der Waals surface area contributed by atoms with Gasteiger partial charge >= 0.3 is 5.97 Å². The number of benzene rings is 1. The number of carboxylic acid groups (broad SMARTS) is 1. The van der Waals surface area contributed by atoms with Crippen molar-refractivity contribution >= 4 is 27.6 Å². The van der Waals surface area contributed by atoms with Crippen molar-refractivity contribution in [3.63, 3.8) is 0 Å². The Hall–Kier alpha value is -1.93. The van der Waals surface area contributed by atoms with Gasteiger partial charge in [0.05, 0.1) is 4.90 Å². The van der Waals surface area contributed by atoms with Crippen molar-refractivity contribution in [3.05, 3.63) is 24.3 Å². The lowest BCUT2D eigenvalue weighted by atomic mass is 10.2. The predicted molar refractivity (Wildman–Crippen MR) is 82.6 cm³/mol. The van der Waals surface area contributed by atoms with E-state index < -0.39 is 22.0 Å². The summed E-state index contributed by atoms with van der Waals surface area (Å²) in [6.07, 6.45) is 2.17. The van der Waals surface area contributed by atoms with E-state index in [1.807, 2.05) is 0 Å². The Bertz CT molecular complexity index is 729. The highest BCUT2D eigenvalue weighted by Crippen LogP contribution is 2.28.